The Morgan fingerprint density at radius 2 is 2.00 bits per heavy atom. The summed E-state index contributed by atoms with van der Waals surface area (Å²) < 4.78 is 37.6. The third-order valence-electron chi connectivity index (χ3n) is 3.29. The number of amides is 1. The van der Waals surface area contributed by atoms with E-state index in [4.69, 9.17) is 5.73 Å². The Balaban J connectivity index is 2.03. The first-order chi connectivity index (χ1) is 8.89. The van der Waals surface area contributed by atoms with Gasteiger partial charge >= 0.3 is 6.18 Å². The molecule has 2 N–H and O–H groups in total. The minimum absolute atomic E-state index is 0.0675. The maximum atomic E-state index is 12.5. The Morgan fingerprint density at radius 1 is 1.37 bits per heavy atom. The number of nitrogen functional groups attached to an aromatic ring is 1. The van der Waals surface area contributed by atoms with Crippen molar-refractivity contribution < 1.29 is 18.0 Å². The van der Waals surface area contributed by atoms with Crippen LogP contribution in [0.2, 0.25) is 0 Å². The zero-order valence-electron chi connectivity index (χ0n) is 10.2. The van der Waals surface area contributed by atoms with Gasteiger partial charge in [-0.15, -0.1) is 0 Å². The molecule has 0 aliphatic carbocycles. The van der Waals surface area contributed by atoms with Crippen molar-refractivity contribution >= 4 is 11.6 Å². The molecule has 1 saturated heterocycles. The second kappa shape index (κ2) is 5.07. The molecule has 19 heavy (non-hydrogen) atoms. The predicted molar refractivity (Wildman–Crippen MR) is 63.3 cm³/mol. The molecule has 0 unspecified atom stereocenters. The van der Waals surface area contributed by atoms with E-state index in [2.05, 4.69) is 4.98 Å². The van der Waals surface area contributed by atoms with Gasteiger partial charge in [0.05, 0.1) is 11.6 Å². The molecule has 1 aromatic rings. The summed E-state index contributed by atoms with van der Waals surface area (Å²) >= 11 is 0. The van der Waals surface area contributed by atoms with Gasteiger partial charge in [0.2, 0.25) is 0 Å². The molecule has 1 aliphatic heterocycles. The van der Waals surface area contributed by atoms with Crippen molar-refractivity contribution in [2.24, 2.45) is 5.92 Å². The van der Waals surface area contributed by atoms with E-state index in [-0.39, 0.29) is 37.3 Å². The van der Waals surface area contributed by atoms with Crippen LogP contribution in [-0.4, -0.2) is 35.1 Å². The van der Waals surface area contributed by atoms with Gasteiger partial charge in [-0.05, 0) is 25.0 Å². The summed E-state index contributed by atoms with van der Waals surface area (Å²) in [6.07, 6.45) is -2.88. The number of carbonyl (C=O) groups is 1. The zero-order valence-corrected chi connectivity index (χ0v) is 10.2. The van der Waals surface area contributed by atoms with Crippen LogP contribution in [0.25, 0.3) is 0 Å². The van der Waals surface area contributed by atoms with E-state index < -0.39 is 18.0 Å². The molecule has 0 bridgehead atoms. The van der Waals surface area contributed by atoms with Crippen molar-refractivity contribution in [2.45, 2.75) is 19.0 Å². The lowest BCUT2D eigenvalue weighted by atomic mass is 9.96. The molecule has 0 atom stereocenters. The molecule has 1 fully saturated rings. The van der Waals surface area contributed by atoms with E-state index in [1.807, 2.05) is 0 Å². The molecular formula is C12H14F3N3O. The van der Waals surface area contributed by atoms with E-state index in [0.717, 1.165) is 0 Å². The maximum absolute atomic E-state index is 12.5. The normalized spacial score (nSPS) is 17.5. The number of carbonyl (C=O) groups excluding carboxylic acids is 1. The lowest BCUT2D eigenvalue weighted by molar-refractivity contribution is -0.183. The Bertz CT molecular complexity index is 468. The smallest absolute Gasteiger partial charge is 0.391 e. The number of nitrogens with zero attached hydrogens (tertiary/aromatic N) is 2. The van der Waals surface area contributed by atoms with Gasteiger partial charge in [0.15, 0.2) is 5.69 Å². The first-order valence-corrected chi connectivity index (χ1v) is 5.96. The standard InChI is InChI=1S/C12H14F3N3O/c13-12(14,15)8-3-6-18(7-4-8)11(19)10-9(16)2-1-5-17-10/h1-2,5,8H,3-4,6-7,16H2. The minimum atomic E-state index is -4.18. The SMILES string of the molecule is Nc1cccnc1C(=O)N1CCC(C(F)(F)F)CC1. The lowest BCUT2D eigenvalue weighted by Gasteiger charge is -2.32. The fourth-order valence-corrected chi connectivity index (χ4v) is 2.16. The second-order valence-corrected chi connectivity index (χ2v) is 4.55. The van der Waals surface area contributed by atoms with Crippen molar-refractivity contribution in [3.05, 3.63) is 24.0 Å². The second-order valence-electron chi connectivity index (χ2n) is 4.55. The molecule has 0 radical (unpaired) electrons. The van der Waals surface area contributed by atoms with Gasteiger partial charge in [-0.25, -0.2) is 4.98 Å². The van der Waals surface area contributed by atoms with E-state index in [9.17, 15) is 18.0 Å². The molecule has 0 saturated carbocycles. The first-order valence-electron chi connectivity index (χ1n) is 5.96. The van der Waals surface area contributed by atoms with Crippen molar-refractivity contribution in [2.75, 3.05) is 18.8 Å². The summed E-state index contributed by atoms with van der Waals surface area (Å²) in [5.74, 6) is -1.73. The van der Waals surface area contributed by atoms with Crippen molar-refractivity contribution in [3.63, 3.8) is 0 Å². The van der Waals surface area contributed by atoms with Gasteiger partial charge in [0, 0.05) is 19.3 Å². The molecule has 1 aliphatic rings. The van der Waals surface area contributed by atoms with Crippen LogP contribution in [-0.2, 0) is 0 Å². The number of rotatable bonds is 1. The zero-order chi connectivity index (χ0) is 14.0. The van der Waals surface area contributed by atoms with Gasteiger partial charge in [-0.3, -0.25) is 4.79 Å². The number of anilines is 1. The van der Waals surface area contributed by atoms with E-state index in [1.165, 1.54) is 11.1 Å². The maximum Gasteiger partial charge on any atom is 0.391 e. The number of alkyl halides is 3. The number of piperidine rings is 1. The van der Waals surface area contributed by atoms with Gasteiger partial charge in [-0.1, -0.05) is 0 Å². The first kappa shape index (κ1) is 13.6. The fourth-order valence-electron chi connectivity index (χ4n) is 2.16. The number of nitrogens with two attached hydrogens (primary N) is 1. The Labute approximate surface area is 108 Å². The number of hydrogen-bond acceptors (Lipinski definition) is 3. The van der Waals surface area contributed by atoms with Crippen molar-refractivity contribution in [3.8, 4) is 0 Å². The topological polar surface area (TPSA) is 59.2 Å². The van der Waals surface area contributed by atoms with Crippen LogP contribution in [0.4, 0.5) is 18.9 Å². The van der Waals surface area contributed by atoms with Crippen molar-refractivity contribution in [1.29, 1.82) is 0 Å². The van der Waals surface area contributed by atoms with Gasteiger partial charge in [0.25, 0.3) is 5.91 Å². The number of hydrogen-bond donors (Lipinski definition) is 1. The van der Waals surface area contributed by atoms with E-state index in [1.54, 1.807) is 12.1 Å². The molecule has 2 heterocycles. The molecule has 1 amide bonds. The summed E-state index contributed by atoms with van der Waals surface area (Å²) in [6.45, 7) is 0.165. The van der Waals surface area contributed by atoms with Crippen molar-refractivity contribution in [1.82, 2.24) is 9.88 Å². The van der Waals surface area contributed by atoms with Gasteiger partial charge in [0.1, 0.15) is 0 Å². The number of halogens is 3. The molecule has 0 spiro atoms. The average Bonchev–Trinajstić information content (AvgIpc) is 2.38. The highest BCUT2D eigenvalue weighted by Gasteiger charge is 2.41. The molecular weight excluding hydrogens is 259 g/mol. The average molecular weight is 273 g/mol. The van der Waals surface area contributed by atoms with Gasteiger partial charge in [-0.2, -0.15) is 13.2 Å². The summed E-state index contributed by atoms with van der Waals surface area (Å²) in [6, 6.07) is 3.14. The quantitative estimate of drug-likeness (QED) is 0.852. The van der Waals surface area contributed by atoms with Crippen LogP contribution in [0.15, 0.2) is 18.3 Å². The number of pyridine rings is 1. The van der Waals surface area contributed by atoms with Crippen LogP contribution in [0.1, 0.15) is 23.3 Å². The predicted octanol–water partition coefficient (Wildman–Crippen LogP) is 2.08. The Kier molecular flexibility index (Phi) is 3.64. The Morgan fingerprint density at radius 3 is 2.53 bits per heavy atom. The lowest BCUT2D eigenvalue weighted by Crippen LogP contribution is -2.42. The van der Waals surface area contributed by atoms with E-state index in [0.29, 0.717) is 0 Å². The Hall–Kier alpha value is -1.79. The summed E-state index contributed by atoms with van der Waals surface area (Å²) in [5, 5.41) is 0. The third-order valence-corrected chi connectivity index (χ3v) is 3.29. The highest BCUT2D eigenvalue weighted by molar-refractivity contribution is 5.97. The summed E-state index contributed by atoms with van der Waals surface area (Å²) in [4.78, 5) is 17.3. The largest absolute Gasteiger partial charge is 0.397 e. The molecule has 0 aromatic carbocycles. The van der Waals surface area contributed by atoms with Crippen LogP contribution < -0.4 is 5.73 Å². The highest BCUT2D eigenvalue weighted by atomic mass is 19.4. The van der Waals surface area contributed by atoms with Crippen LogP contribution in [0.5, 0.6) is 0 Å². The third kappa shape index (κ3) is 2.97. The van der Waals surface area contributed by atoms with Crippen LogP contribution in [0, 0.1) is 5.92 Å². The molecule has 1 aromatic heterocycles. The monoisotopic (exact) mass is 273 g/mol. The summed E-state index contributed by atoms with van der Waals surface area (Å²) in [5.41, 5.74) is 5.98. The van der Waals surface area contributed by atoms with Gasteiger partial charge < -0.3 is 10.6 Å². The van der Waals surface area contributed by atoms with Crippen LogP contribution in [0.3, 0.4) is 0 Å². The van der Waals surface area contributed by atoms with Crippen LogP contribution >= 0.6 is 0 Å². The highest BCUT2D eigenvalue weighted by Crippen LogP contribution is 2.34. The summed E-state index contributed by atoms with van der Waals surface area (Å²) in [7, 11) is 0. The molecule has 104 valence electrons. The minimum Gasteiger partial charge on any atom is -0.397 e. The van der Waals surface area contributed by atoms with E-state index >= 15 is 0 Å². The fraction of sp³-hybridized carbons (Fsp3) is 0.500. The molecule has 7 heteroatoms. The number of aromatic nitrogens is 1. The molecule has 2 rings (SSSR count). The molecule has 4 nitrogen and oxygen atoms in total. The number of likely N-dealkylation sites (tertiary alicyclic amines) is 1.